The van der Waals surface area contributed by atoms with Crippen LogP contribution in [0.3, 0.4) is 0 Å². The second-order valence-electron chi connectivity index (χ2n) is 5.78. The maximum absolute atomic E-state index is 5.30. The minimum Gasteiger partial charge on any atom is -0.359 e. The van der Waals surface area contributed by atoms with Crippen molar-refractivity contribution >= 4 is 23.0 Å². The molecule has 0 amide bonds. The smallest absolute Gasteiger partial charge is 0.187 e. The van der Waals surface area contributed by atoms with Crippen LogP contribution in [0, 0.1) is 5.92 Å². The van der Waals surface area contributed by atoms with E-state index in [4.69, 9.17) is 12.2 Å². The van der Waals surface area contributed by atoms with E-state index in [1.54, 1.807) is 0 Å². The van der Waals surface area contributed by atoms with Crippen LogP contribution in [0.2, 0.25) is 0 Å². The lowest BCUT2D eigenvalue weighted by molar-refractivity contribution is 0.412. The molecule has 2 rings (SSSR count). The SMILES string of the molecule is CC1CCC(=NNC(=S)NC2CCCCC2)CC1. The molecule has 0 atom stereocenters. The lowest BCUT2D eigenvalue weighted by atomic mass is 9.90. The number of thiocarbonyl (C=S) groups is 1. The number of hydrogen-bond acceptors (Lipinski definition) is 2. The Labute approximate surface area is 116 Å². The average molecular weight is 267 g/mol. The van der Waals surface area contributed by atoms with E-state index in [9.17, 15) is 0 Å². The maximum Gasteiger partial charge on any atom is 0.187 e. The van der Waals surface area contributed by atoms with Crippen LogP contribution >= 0.6 is 12.2 Å². The summed E-state index contributed by atoms with van der Waals surface area (Å²) in [6, 6.07) is 0.560. The molecular weight excluding hydrogens is 242 g/mol. The fraction of sp³-hybridized carbons (Fsp3) is 0.857. The second kappa shape index (κ2) is 7.07. The molecule has 4 heteroatoms. The topological polar surface area (TPSA) is 36.4 Å². The van der Waals surface area contributed by atoms with Gasteiger partial charge in [-0.1, -0.05) is 26.2 Å². The number of hydrogen-bond donors (Lipinski definition) is 2. The molecule has 0 aromatic heterocycles. The van der Waals surface area contributed by atoms with E-state index in [0.29, 0.717) is 11.2 Å². The number of nitrogens with zero attached hydrogens (tertiary/aromatic N) is 1. The number of rotatable bonds is 2. The van der Waals surface area contributed by atoms with Crippen LogP contribution in [0.15, 0.2) is 5.10 Å². The van der Waals surface area contributed by atoms with Crippen molar-refractivity contribution < 1.29 is 0 Å². The van der Waals surface area contributed by atoms with Crippen molar-refractivity contribution in [1.82, 2.24) is 10.7 Å². The second-order valence-corrected chi connectivity index (χ2v) is 6.19. The van der Waals surface area contributed by atoms with E-state index in [2.05, 4.69) is 22.8 Å². The highest BCUT2D eigenvalue weighted by Crippen LogP contribution is 2.21. The summed E-state index contributed by atoms with van der Waals surface area (Å²) in [6.07, 6.45) is 11.3. The van der Waals surface area contributed by atoms with E-state index in [1.165, 1.54) is 50.7 Å². The zero-order valence-electron chi connectivity index (χ0n) is 11.4. The van der Waals surface area contributed by atoms with Gasteiger partial charge in [0, 0.05) is 11.8 Å². The summed E-state index contributed by atoms with van der Waals surface area (Å²) in [4.78, 5) is 0. The molecule has 3 nitrogen and oxygen atoms in total. The molecular formula is C14H25N3S. The molecule has 102 valence electrons. The van der Waals surface area contributed by atoms with E-state index in [-0.39, 0.29) is 0 Å². The molecule has 2 aliphatic carbocycles. The van der Waals surface area contributed by atoms with E-state index >= 15 is 0 Å². The third-order valence-corrected chi connectivity index (χ3v) is 4.32. The summed E-state index contributed by atoms with van der Waals surface area (Å²) in [5.41, 5.74) is 4.30. The number of hydrazone groups is 1. The first-order valence-corrected chi connectivity index (χ1v) is 7.77. The van der Waals surface area contributed by atoms with Crippen molar-refractivity contribution in [2.45, 2.75) is 70.8 Å². The van der Waals surface area contributed by atoms with Gasteiger partial charge in [0.2, 0.25) is 0 Å². The average Bonchev–Trinajstić information content (AvgIpc) is 2.39. The highest BCUT2D eigenvalue weighted by atomic mass is 32.1. The summed E-state index contributed by atoms with van der Waals surface area (Å²) in [7, 11) is 0. The van der Waals surface area contributed by atoms with Crippen LogP contribution in [0.1, 0.15) is 64.7 Å². The van der Waals surface area contributed by atoms with Gasteiger partial charge in [-0.25, -0.2) is 0 Å². The molecule has 0 radical (unpaired) electrons. The van der Waals surface area contributed by atoms with Gasteiger partial charge in [-0.2, -0.15) is 5.10 Å². The molecule has 2 fully saturated rings. The van der Waals surface area contributed by atoms with Gasteiger partial charge in [0.15, 0.2) is 5.11 Å². The molecule has 2 N–H and O–H groups in total. The van der Waals surface area contributed by atoms with Crippen LogP contribution in [-0.2, 0) is 0 Å². The summed E-state index contributed by atoms with van der Waals surface area (Å²) >= 11 is 5.30. The molecule has 0 aromatic carbocycles. The van der Waals surface area contributed by atoms with E-state index in [1.807, 2.05) is 0 Å². The first kappa shape index (κ1) is 13.8. The first-order valence-electron chi connectivity index (χ1n) is 7.36. The van der Waals surface area contributed by atoms with Gasteiger partial charge in [0.05, 0.1) is 0 Å². The molecule has 0 unspecified atom stereocenters. The van der Waals surface area contributed by atoms with Crippen molar-refractivity contribution in [3.8, 4) is 0 Å². The quantitative estimate of drug-likeness (QED) is 0.595. The lowest BCUT2D eigenvalue weighted by Crippen LogP contribution is -2.41. The minimum absolute atomic E-state index is 0.560. The predicted octanol–water partition coefficient (Wildman–Crippen LogP) is 3.35. The van der Waals surface area contributed by atoms with Gasteiger partial charge >= 0.3 is 0 Å². The van der Waals surface area contributed by atoms with Crippen LogP contribution in [0.4, 0.5) is 0 Å². The Bertz CT molecular complexity index is 298. The standard InChI is InChI=1S/C14H25N3S/c1-11-7-9-13(10-8-11)16-17-14(18)15-12-5-3-2-4-6-12/h11-12H,2-10H2,1H3,(H2,15,17,18). The van der Waals surface area contributed by atoms with Gasteiger partial charge < -0.3 is 5.32 Å². The summed E-state index contributed by atoms with van der Waals surface area (Å²) in [5, 5.41) is 8.53. The molecule has 0 spiro atoms. The third-order valence-electron chi connectivity index (χ3n) is 4.11. The Morgan fingerprint density at radius 2 is 1.78 bits per heavy atom. The normalized spacial score (nSPS) is 25.6. The fourth-order valence-electron chi connectivity index (χ4n) is 2.80. The Balaban J connectivity index is 1.69. The van der Waals surface area contributed by atoms with Gasteiger partial charge in [0.25, 0.3) is 0 Å². The lowest BCUT2D eigenvalue weighted by Gasteiger charge is -2.24. The maximum atomic E-state index is 5.30. The Kier molecular flexibility index (Phi) is 5.42. The Morgan fingerprint density at radius 3 is 2.44 bits per heavy atom. The van der Waals surface area contributed by atoms with Crippen LogP contribution in [-0.4, -0.2) is 16.9 Å². The zero-order valence-corrected chi connectivity index (χ0v) is 12.2. The third kappa shape index (κ3) is 4.56. The van der Waals surface area contributed by atoms with E-state index in [0.717, 1.165) is 18.8 Å². The van der Waals surface area contributed by atoms with Gasteiger partial charge in [-0.05, 0) is 56.7 Å². The Morgan fingerprint density at radius 1 is 1.11 bits per heavy atom. The van der Waals surface area contributed by atoms with Crippen molar-refractivity contribution in [2.75, 3.05) is 0 Å². The van der Waals surface area contributed by atoms with Gasteiger partial charge in [0.1, 0.15) is 0 Å². The fourth-order valence-corrected chi connectivity index (χ4v) is 3.01. The van der Waals surface area contributed by atoms with Crippen molar-refractivity contribution in [3.63, 3.8) is 0 Å². The van der Waals surface area contributed by atoms with Crippen molar-refractivity contribution in [2.24, 2.45) is 11.0 Å². The molecule has 2 aliphatic rings. The molecule has 2 saturated carbocycles. The van der Waals surface area contributed by atoms with Crippen LogP contribution < -0.4 is 10.7 Å². The number of nitrogens with one attached hydrogen (secondary N) is 2. The molecule has 0 saturated heterocycles. The molecule has 0 aromatic rings. The molecule has 18 heavy (non-hydrogen) atoms. The minimum atomic E-state index is 0.560. The summed E-state index contributed by atoms with van der Waals surface area (Å²) < 4.78 is 0. The van der Waals surface area contributed by atoms with Crippen LogP contribution in [0.5, 0.6) is 0 Å². The molecule has 0 heterocycles. The summed E-state index contributed by atoms with van der Waals surface area (Å²) in [6.45, 7) is 2.32. The molecule has 0 aliphatic heterocycles. The van der Waals surface area contributed by atoms with Gasteiger partial charge in [-0.3, -0.25) is 5.43 Å². The largest absolute Gasteiger partial charge is 0.359 e. The van der Waals surface area contributed by atoms with E-state index < -0.39 is 0 Å². The van der Waals surface area contributed by atoms with Crippen LogP contribution in [0.25, 0.3) is 0 Å². The summed E-state index contributed by atoms with van der Waals surface area (Å²) in [5.74, 6) is 0.858. The van der Waals surface area contributed by atoms with Crippen molar-refractivity contribution in [3.05, 3.63) is 0 Å². The highest BCUT2D eigenvalue weighted by Gasteiger charge is 2.15. The van der Waals surface area contributed by atoms with Gasteiger partial charge in [-0.15, -0.1) is 0 Å². The highest BCUT2D eigenvalue weighted by molar-refractivity contribution is 7.80. The molecule has 0 bridgehead atoms. The zero-order chi connectivity index (χ0) is 12.8. The Hall–Kier alpha value is -0.640. The monoisotopic (exact) mass is 267 g/mol. The van der Waals surface area contributed by atoms with Crippen molar-refractivity contribution in [1.29, 1.82) is 0 Å². The predicted molar refractivity (Wildman–Crippen MR) is 80.8 cm³/mol. The first-order chi connectivity index (χ1) is 8.74.